The van der Waals surface area contributed by atoms with Crippen molar-refractivity contribution >= 4 is 5.91 Å². The molecule has 0 saturated carbocycles. The van der Waals surface area contributed by atoms with E-state index in [-0.39, 0.29) is 11.9 Å². The first-order valence-corrected chi connectivity index (χ1v) is 9.12. The first kappa shape index (κ1) is 17.6. The van der Waals surface area contributed by atoms with Gasteiger partial charge in [-0.15, -0.1) is 0 Å². The van der Waals surface area contributed by atoms with Crippen molar-refractivity contribution in [2.24, 2.45) is 13.0 Å². The molecule has 2 aromatic heterocycles. The minimum absolute atomic E-state index is 0.0800. The Kier molecular flexibility index (Phi) is 5.50. The SMILES string of the molecule is CC(C)Cc1noc([C@H]2CCCCN2C(=O)CCc2cnn(C)c2)n1. The number of likely N-dealkylation sites (tertiary alicyclic amines) is 1. The molecule has 1 aliphatic rings. The number of piperidine rings is 1. The van der Waals surface area contributed by atoms with Gasteiger partial charge in [0.05, 0.1) is 6.20 Å². The van der Waals surface area contributed by atoms with E-state index < -0.39 is 0 Å². The van der Waals surface area contributed by atoms with E-state index in [1.165, 1.54) is 0 Å². The van der Waals surface area contributed by atoms with Crippen LogP contribution in [0.5, 0.6) is 0 Å². The minimum Gasteiger partial charge on any atom is -0.337 e. The van der Waals surface area contributed by atoms with Crippen LogP contribution in [-0.2, 0) is 24.7 Å². The summed E-state index contributed by atoms with van der Waals surface area (Å²) in [4.78, 5) is 19.2. The third kappa shape index (κ3) is 4.46. The second kappa shape index (κ2) is 7.80. The van der Waals surface area contributed by atoms with Crippen molar-refractivity contribution in [3.63, 3.8) is 0 Å². The molecule has 1 atom stereocenters. The number of aryl methyl sites for hydroxylation is 2. The highest BCUT2D eigenvalue weighted by Crippen LogP contribution is 2.30. The molecule has 1 amide bonds. The average Bonchev–Trinajstić information content (AvgIpc) is 3.21. The van der Waals surface area contributed by atoms with Gasteiger partial charge in [0.25, 0.3) is 0 Å². The van der Waals surface area contributed by atoms with Crippen LogP contribution >= 0.6 is 0 Å². The number of hydrogen-bond donors (Lipinski definition) is 0. The maximum Gasteiger partial charge on any atom is 0.249 e. The van der Waals surface area contributed by atoms with Crippen LogP contribution in [0.4, 0.5) is 0 Å². The number of amides is 1. The molecular formula is C18H27N5O2. The lowest BCUT2D eigenvalue weighted by atomic mass is 10.0. The number of rotatable bonds is 6. The van der Waals surface area contributed by atoms with E-state index in [2.05, 4.69) is 29.1 Å². The molecule has 0 aromatic carbocycles. The second-order valence-corrected chi connectivity index (χ2v) is 7.27. The highest BCUT2D eigenvalue weighted by molar-refractivity contribution is 5.77. The molecule has 2 aromatic rings. The van der Waals surface area contributed by atoms with Gasteiger partial charge in [-0.05, 0) is 37.2 Å². The molecule has 1 aliphatic heterocycles. The Hall–Kier alpha value is -2.18. The standard InChI is InChI=1S/C18H27N5O2/c1-13(2)10-16-20-18(25-21-16)15-6-4-5-9-23(15)17(24)8-7-14-11-19-22(3)12-14/h11-13,15H,4-10H2,1-3H3/t15-/m1/s1. The fraction of sp³-hybridized carbons (Fsp3) is 0.667. The topological polar surface area (TPSA) is 77.0 Å². The summed E-state index contributed by atoms with van der Waals surface area (Å²) in [5, 5.41) is 8.24. The maximum absolute atomic E-state index is 12.8. The third-order valence-corrected chi connectivity index (χ3v) is 4.57. The van der Waals surface area contributed by atoms with Crippen molar-refractivity contribution in [3.8, 4) is 0 Å². The molecule has 25 heavy (non-hydrogen) atoms. The molecule has 7 nitrogen and oxygen atoms in total. The van der Waals surface area contributed by atoms with E-state index in [9.17, 15) is 4.79 Å². The normalized spacial score (nSPS) is 18.1. The molecule has 0 aliphatic carbocycles. The fourth-order valence-electron chi connectivity index (χ4n) is 3.33. The summed E-state index contributed by atoms with van der Waals surface area (Å²) in [7, 11) is 1.89. The third-order valence-electron chi connectivity index (χ3n) is 4.57. The van der Waals surface area contributed by atoms with E-state index in [0.29, 0.717) is 24.7 Å². The highest BCUT2D eigenvalue weighted by atomic mass is 16.5. The van der Waals surface area contributed by atoms with Crippen molar-refractivity contribution in [1.82, 2.24) is 24.8 Å². The quantitative estimate of drug-likeness (QED) is 0.804. The smallest absolute Gasteiger partial charge is 0.249 e. The Labute approximate surface area is 148 Å². The second-order valence-electron chi connectivity index (χ2n) is 7.27. The van der Waals surface area contributed by atoms with E-state index in [1.54, 1.807) is 4.68 Å². The summed E-state index contributed by atoms with van der Waals surface area (Å²) < 4.78 is 7.25. The van der Waals surface area contributed by atoms with Gasteiger partial charge >= 0.3 is 0 Å². The average molecular weight is 345 g/mol. The lowest BCUT2D eigenvalue weighted by molar-refractivity contribution is -0.135. The first-order chi connectivity index (χ1) is 12.0. The predicted molar refractivity (Wildman–Crippen MR) is 92.7 cm³/mol. The maximum atomic E-state index is 12.8. The molecule has 0 N–H and O–H groups in total. The summed E-state index contributed by atoms with van der Waals surface area (Å²) in [5.41, 5.74) is 1.08. The molecule has 1 saturated heterocycles. The van der Waals surface area contributed by atoms with Crippen LogP contribution in [0.25, 0.3) is 0 Å². The van der Waals surface area contributed by atoms with Crippen LogP contribution in [0.3, 0.4) is 0 Å². The monoisotopic (exact) mass is 345 g/mol. The van der Waals surface area contributed by atoms with E-state index >= 15 is 0 Å². The molecule has 3 rings (SSSR count). The lowest BCUT2D eigenvalue weighted by Gasteiger charge is -2.33. The molecule has 0 bridgehead atoms. The van der Waals surface area contributed by atoms with Crippen molar-refractivity contribution in [1.29, 1.82) is 0 Å². The number of hydrogen-bond acceptors (Lipinski definition) is 5. The van der Waals surface area contributed by atoms with Crippen molar-refractivity contribution < 1.29 is 9.32 Å². The number of aromatic nitrogens is 4. The van der Waals surface area contributed by atoms with Gasteiger partial charge in [-0.25, -0.2) is 0 Å². The van der Waals surface area contributed by atoms with Crippen molar-refractivity contribution in [3.05, 3.63) is 29.7 Å². The lowest BCUT2D eigenvalue weighted by Crippen LogP contribution is -2.38. The van der Waals surface area contributed by atoms with Crippen LogP contribution in [0, 0.1) is 5.92 Å². The number of carbonyl (C=O) groups is 1. The van der Waals surface area contributed by atoms with Gasteiger partial charge in [0.15, 0.2) is 5.82 Å². The molecule has 136 valence electrons. The molecule has 0 spiro atoms. The zero-order valence-electron chi connectivity index (χ0n) is 15.3. The van der Waals surface area contributed by atoms with Crippen LogP contribution in [-0.4, -0.2) is 37.3 Å². The Morgan fingerprint density at radius 3 is 2.96 bits per heavy atom. The molecular weight excluding hydrogens is 318 g/mol. The first-order valence-electron chi connectivity index (χ1n) is 9.12. The van der Waals surface area contributed by atoms with Gasteiger partial charge in [0, 0.05) is 32.6 Å². The predicted octanol–water partition coefficient (Wildman–Crippen LogP) is 2.69. The minimum atomic E-state index is -0.0800. The molecule has 0 unspecified atom stereocenters. The Morgan fingerprint density at radius 2 is 2.24 bits per heavy atom. The Morgan fingerprint density at radius 1 is 1.40 bits per heavy atom. The number of nitrogens with zero attached hydrogens (tertiary/aromatic N) is 5. The van der Waals surface area contributed by atoms with Gasteiger partial charge in [0.1, 0.15) is 6.04 Å². The zero-order chi connectivity index (χ0) is 17.8. The fourth-order valence-corrected chi connectivity index (χ4v) is 3.33. The summed E-state index contributed by atoms with van der Waals surface area (Å²) in [6, 6.07) is -0.0800. The van der Waals surface area contributed by atoms with Crippen LogP contribution in [0.15, 0.2) is 16.9 Å². The van der Waals surface area contributed by atoms with Crippen LogP contribution in [0.1, 0.15) is 62.9 Å². The summed E-state index contributed by atoms with van der Waals surface area (Å²) in [5.74, 6) is 1.95. The summed E-state index contributed by atoms with van der Waals surface area (Å²) in [6.45, 7) is 5.02. The molecule has 0 radical (unpaired) electrons. The van der Waals surface area contributed by atoms with E-state index in [1.807, 2.05) is 24.3 Å². The summed E-state index contributed by atoms with van der Waals surface area (Å²) in [6.07, 6.45) is 8.76. The van der Waals surface area contributed by atoms with Crippen LogP contribution < -0.4 is 0 Å². The molecule has 3 heterocycles. The van der Waals surface area contributed by atoms with Gasteiger partial charge in [-0.1, -0.05) is 19.0 Å². The van der Waals surface area contributed by atoms with Crippen molar-refractivity contribution in [2.75, 3.05) is 6.54 Å². The van der Waals surface area contributed by atoms with Crippen LogP contribution in [0.2, 0.25) is 0 Å². The van der Waals surface area contributed by atoms with Gasteiger partial charge in [0.2, 0.25) is 11.8 Å². The van der Waals surface area contributed by atoms with Crippen molar-refractivity contribution in [2.45, 2.75) is 58.4 Å². The zero-order valence-corrected chi connectivity index (χ0v) is 15.3. The van der Waals surface area contributed by atoms with E-state index in [4.69, 9.17) is 4.52 Å². The Balaban J connectivity index is 1.65. The summed E-state index contributed by atoms with van der Waals surface area (Å²) >= 11 is 0. The largest absolute Gasteiger partial charge is 0.337 e. The van der Waals surface area contributed by atoms with Gasteiger partial charge < -0.3 is 9.42 Å². The highest BCUT2D eigenvalue weighted by Gasteiger charge is 2.31. The van der Waals surface area contributed by atoms with E-state index in [0.717, 1.165) is 43.6 Å². The molecule has 1 fully saturated rings. The molecule has 7 heteroatoms. The van der Waals surface area contributed by atoms with Gasteiger partial charge in [-0.3, -0.25) is 9.48 Å². The number of carbonyl (C=O) groups excluding carboxylic acids is 1. The van der Waals surface area contributed by atoms with Gasteiger partial charge in [-0.2, -0.15) is 10.1 Å². The Bertz CT molecular complexity index is 706.